The maximum Gasteiger partial charge on any atom is 0.416 e. The van der Waals surface area contributed by atoms with Gasteiger partial charge in [0.05, 0.1) is 12.2 Å². The molecule has 11 heteroatoms. The predicted molar refractivity (Wildman–Crippen MR) is 108 cm³/mol. The molecule has 2 aromatic rings. The number of ether oxygens (including phenoxy) is 1. The van der Waals surface area contributed by atoms with Crippen molar-refractivity contribution in [2.24, 2.45) is 0 Å². The number of carbonyl (C=O) groups excluding carboxylic acids is 3. The number of phenols is 1. The molecule has 1 aliphatic heterocycles. The highest BCUT2D eigenvalue weighted by atomic mass is 19.4. The molecule has 0 bridgehead atoms. The van der Waals surface area contributed by atoms with Crippen LogP contribution in [0.2, 0.25) is 0 Å². The number of alkyl halides is 3. The fraction of sp³-hybridized carbons (Fsp3) is 0.190. The number of halogens is 3. The van der Waals surface area contributed by atoms with E-state index in [-0.39, 0.29) is 22.9 Å². The van der Waals surface area contributed by atoms with Crippen molar-refractivity contribution >= 4 is 29.6 Å². The van der Waals surface area contributed by atoms with E-state index in [1.165, 1.54) is 30.3 Å². The second-order valence-electron chi connectivity index (χ2n) is 6.67. The minimum atomic E-state index is -4.58. The Morgan fingerprint density at radius 2 is 1.97 bits per heavy atom. The molecule has 3 N–H and O–H groups in total. The van der Waals surface area contributed by atoms with E-state index in [2.05, 4.69) is 10.6 Å². The van der Waals surface area contributed by atoms with Gasteiger partial charge in [0.1, 0.15) is 12.2 Å². The molecule has 0 atom stereocenters. The smallest absolute Gasteiger partial charge is 0.416 e. The summed E-state index contributed by atoms with van der Waals surface area (Å²) in [4.78, 5) is 37.5. The van der Waals surface area contributed by atoms with E-state index in [1.807, 2.05) is 0 Å². The van der Waals surface area contributed by atoms with Gasteiger partial charge in [-0.05, 0) is 48.9 Å². The number of aromatic hydroxyl groups is 1. The lowest BCUT2D eigenvalue weighted by molar-refractivity contribution is -0.137. The highest BCUT2D eigenvalue weighted by Gasteiger charge is 2.35. The van der Waals surface area contributed by atoms with E-state index in [1.54, 1.807) is 6.92 Å². The fourth-order valence-electron chi connectivity index (χ4n) is 2.89. The Balaban J connectivity index is 1.71. The first kappa shape index (κ1) is 22.7. The molecule has 1 heterocycles. The van der Waals surface area contributed by atoms with Gasteiger partial charge in [0.15, 0.2) is 11.5 Å². The molecule has 0 spiro atoms. The monoisotopic (exact) mass is 449 g/mol. The minimum absolute atomic E-state index is 0.0938. The first-order chi connectivity index (χ1) is 15.1. The van der Waals surface area contributed by atoms with Crippen molar-refractivity contribution in [3.8, 4) is 11.5 Å². The first-order valence-corrected chi connectivity index (χ1v) is 9.36. The summed E-state index contributed by atoms with van der Waals surface area (Å²) >= 11 is 0. The summed E-state index contributed by atoms with van der Waals surface area (Å²) < 4.78 is 43.7. The van der Waals surface area contributed by atoms with Crippen LogP contribution in [-0.4, -0.2) is 41.0 Å². The third kappa shape index (κ3) is 5.17. The summed E-state index contributed by atoms with van der Waals surface area (Å²) in [6.45, 7) is 1.34. The Morgan fingerprint density at radius 1 is 1.22 bits per heavy atom. The fourth-order valence-corrected chi connectivity index (χ4v) is 2.89. The van der Waals surface area contributed by atoms with Crippen LogP contribution in [0.15, 0.2) is 48.2 Å². The first-order valence-electron chi connectivity index (χ1n) is 9.36. The molecule has 0 aliphatic carbocycles. The van der Waals surface area contributed by atoms with Crippen LogP contribution in [0.4, 0.5) is 23.7 Å². The Labute approximate surface area is 180 Å². The topological polar surface area (TPSA) is 108 Å². The number of nitrogens with zero attached hydrogens (tertiary/aromatic N) is 1. The van der Waals surface area contributed by atoms with Gasteiger partial charge < -0.3 is 20.5 Å². The molecule has 32 heavy (non-hydrogen) atoms. The number of carbonyl (C=O) groups is 3. The van der Waals surface area contributed by atoms with Crippen molar-refractivity contribution in [2.75, 3.05) is 18.5 Å². The van der Waals surface area contributed by atoms with Crippen molar-refractivity contribution in [3.63, 3.8) is 0 Å². The summed E-state index contributed by atoms with van der Waals surface area (Å²) in [7, 11) is 0. The van der Waals surface area contributed by atoms with Crippen molar-refractivity contribution < 1.29 is 37.4 Å². The van der Waals surface area contributed by atoms with Gasteiger partial charge >= 0.3 is 12.2 Å². The molecule has 168 valence electrons. The largest absolute Gasteiger partial charge is 0.504 e. The Morgan fingerprint density at radius 3 is 2.66 bits per heavy atom. The normalized spacial score (nSPS) is 15.1. The van der Waals surface area contributed by atoms with Crippen LogP contribution in [0.1, 0.15) is 18.1 Å². The number of urea groups is 1. The minimum Gasteiger partial charge on any atom is -0.504 e. The number of hydrogen-bond acceptors (Lipinski definition) is 5. The number of benzene rings is 2. The van der Waals surface area contributed by atoms with Crippen LogP contribution in [-0.2, 0) is 15.8 Å². The van der Waals surface area contributed by atoms with Crippen molar-refractivity contribution in [3.05, 3.63) is 59.3 Å². The molecule has 4 amide bonds. The number of phenolic OH excluding ortho intramolecular Hbond substituents is 1. The zero-order valence-corrected chi connectivity index (χ0v) is 16.7. The number of hydrogen-bond donors (Lipinski definition) is 3. The van der Waals surface area contributed by atoms with Gasteiger partial charge in [-0.1, -0.05) is 12.1 Å². The quantitative estimate of drug-likeness (QED) is 0.463. The van der Waals surface area contributed by atoms with Gasteiger partial charge in [0.2, 0.25) is 5.91 Å². The third-order valence-corrected chi connectivity index (χ3v) is 4.33. The molecule has 0 radical (unpaired) electrons. The SMILES string of the molecule is CCOc1cc(/C=C2\NC(=O)N(CC(=O)Nc3cccc(C(F)(F)F)c3)C2=O)ccc1O. The average molecular weight is 449 g/mol. The van der Waals surface area contributed by atoms with Crippen molar-refractivity contribution in [2.45, 2.75) is 13.1 Å². The lowest BCUT2D eigenvalue weighted by Gasteiger charge is -2.13. The number of rotatable bonds is 6. The number of nitrogens with one attached hydrogen (secondary N) is 2. The molecule has 2 aromatic carbocycles. The van der Waals surface area contributed by atoms with Crippen LogP contribution >= 0.6 is 0 Å². The molecule has 0 unspecified atom stereocenters. The molecule has 8 nitrogen and oxygen atoms in total. The molecule has 0 saturated carbocycles. The predicted octanol–water partition coefficient (Wildman–Crippen LogP) is 3.34. The zero-order valence-electron chi connectivity index (χ0n) is 16.7. The van der Waals surface area contributed by atoms with E-state index < -0.39 is 36.1 Å². The van der Waals surface area contributed by atoms with Crippen LogP contribution in [0.3, 0.4) is 0 Å². The van der Waals surface area contributed by atoms with Crippen LogP contribution in [0.5, 0.6) is 11.5 Å². The Hall–Kier alpha value is -4.02. The van der Waals surface area contributed by atoms with Crippen molar-refractivity contribution in [1.82, 2.24) is 10.2 Å². The van der Waals surface area contributed by atoms with E-state index in [4.69, 9.17) is 4.74 Å². The average Bonchev–Trinajstić information content (AvgIpc) is 2.97. The van der Waals surface area contributed by atoms with E-state index in [9.17, 15) is 32.7 Å². The maximum atomic E-state index is 12.8. The van der Waals surface area contributed by atoms with Gasteiger partial charge in [0.25, 0.3) is 5.91 Å². The molecule has 1 saturated heterocycles. The molecule has 3 rings (SSSR count). The highest BCUT2D eigenvalue weighted by molar-refractivity contribution is 6.15. The molecular formula is C21H18F3N3O5. The molecule has 1 aliphatic rings. The van der Waals surface area contributed by atoms with Gasteiger partial charge in [-0.25, -0.2) is 9.69 Å². The van der Waals surface area contributed by atoms with Gasteiger partial charge in [-0.3, -0.25) is 9.59 Å². The summed E-state index contributed by atoms with van der Waals surface area (Å²) in [5.41, 5.74) is -0.740. The lowest BCUT2D eigenvalue weighted by Crippen LogP contribution is -2.38. The second kappa shape index (κ2) is 9.00. The summed E-state index contributed by atoms with van der Waals surface area (Å²) in [5.74, 6) is -1.54. The zero-order chi connectivity index (χ0) is 23.5. The summed E-state index contributed by atoms with van der Waals surface area (Å²) in [5, 5.41) is 14.3. The Kier molecular flexibility index (Phi) is 6.37. The maximum absolute atomic E-state index is 12.8. The number of anilines is 1. The van der Waals surface area contributed by atoms with Crippen LogP contribution in [0.25, 0.3) is 6.08 Å². The lowest BCUT2D eigenvalue weighted by atomic mass is 10.1. The third-order valence-electron chi connectivity index (χ3n) is 4.33. The standard InChI is InChI=1S/C21H18F3N3O5/c1-2-32-17-9-12(6-7-16(17)28)8-15-19(30)27(20(31)26-15)11-18(29)25-14-5-3-4-13(10-14)21(22,23)24/h3-10,28H,2,11H2,1H3,(H,25,29)(H,26,31)/b15-8-. The number of amides is 4. The van der Waals surface area contributed by atoms with Gasteiger partial charge in [0, 0.05) is 5.69 Å². The van der Waals surface area contributed by atoms with Gasteiger partial charge in [-0.15, -0.1) is 0 Å². The summed E-state index contributed by atoms with van der Waals surface area (Å²) in [6.07, 6.45) is -3.24. The Bertz CT molecular complexity index is 1100. The van der Waals surface area contributed by atoms with E-state index >= 15 is 0 Å². The number of imide groups is 1. The molecule has 1 fully saturated rings. The summed E-state index contributed by atoms with van der Waals surface area (Å²) in [6, 6.07) is 7.44. The second-order valence-corrected chi connectivity index (χ2v) is 6.67. The van der Waals surface area contributed by atoms with Crippen LogP contribution < -0.4 is 15.4 Å². The highest BCUT2D eigenvalue weighted by Crippen LogP contribution is 2.31. The van der Waals surface area contributed by atoms with Crippen molar-refractivity contribution in [1.29, 1.82) is 0 Å². The van der Waals surface area contributed by atoms with Gasteiger partial charge in [-0.2, -0.15) is 13.2 Å². The van der Waals surface area contributed by atoms with E-state index in [0.29, 0.717) is 17.1 Å². The van der Waals surface area contributed by atoms with Crippen LogP contribution in [0, 0.1) is 0 Å². The molecule has 0 aromatic heterocycles. The molecular weight excluding hydrogens is 431 g/mol. The van der Waals surface area contributed by atoms with E-state index in [0.717, 1.165) is 18.2 Å².